The summed E-state index contributed by atoms with van der Waals surface area (Å²) >= 11 is 0. The first-order chi connectivity index (χ1) is 8.99. The van der Waals surface area contributed by atoms with Crippen molar-refractivity contribution in [1.82, 2.24) is 10.3 Å². The minimum atomic E-state index is -0.922. The highest BCUT2D eigenvalue weighted by Gasteiger charge is 2.21. The molecule has 0 saturated heterocycles. The highest BCUT2D eigenvalue weighted by atomic mass is 16.4. The molecule has 0 fully saturated rings. The van der Waals surface area contributed by atoms with Crippen LogP contribution in [-0.4, -0.2) is 28.0 Å². The zero-order valence-electron chi connectivity index (χ0n) is 10.8. The topological polar surface area (TPSA) is 82.2 Å². The summed E-state index contributed by atoms with van der Waals surface area (Å²) in [5.74, 6) is -1.81. The zero-order chi connectivity index (χ0) is 14.0. The van der Waals surface area contributed by atoms with Gasteiger partial charge in [-0.3, -0.25) is 9.59 Å². The predicted octanol–water partition coefficient (Wildman–Crippen LogP) is 2.01. The standard InChI is InChI=1S/C14H16N2O3/c1-8(14(18)19)9(2)16-13(17)11-3-4-12-10(7-11)5-6-15-12/h3-9,15H,1-2H3,(H,16,17)(H,18,19)/t8-,9+/m0/s1. The third-order valence-electron chi connectivity index (χ3n) is 3.31. The molecule has 0 aliphatic rings. The van der Waals surface area contributed by atoms with Crippen LogP contribution in [0, 0.1) is 5.92 Å². The van der Waals surface area contributed by atoms with E-state index in [0.717, 1.165) is 10.9 Å². The van der Waals surface area contributed by atoms with Gasteiger partial charge in [0.05, 0.1) is 5.92 Å². The van der Waals surface area contributed by atoms with E-state index in [-0.39, 0.29) is 5.91 Å². The van der Waals surface area contributed by atoms with Crippen LogP contribution in [0.2, 0.25) is 0 Å². The molecule has 100 valence electrons. The Bertz CT molecular complexity index is 618. The lowest BCUT2D eigenvalue weighted by Crippen LogP contribution is -2.40. The van der Waals surface area contributed by atoms with Gasteiger partial charge in [-0.1, -0.05) is 0 Å². The first kappa shape index (κ1) is 13.1. The number of carboxylic acids is 1. The van der Waals surface area contributed by atoms with Crippen LogP contribution in [0.3, 0.4) is 0 Å². The fraction of sp³-hybridized carbons (Fsp3) is 0.286. The van der Waals surface area contributed by atoms with Crippen molar-refractivity contribution in [3.8, 4) is 0 Å². The van der Waals surface area contributed by atoms with Crippen LogP contribution < -0.4 is 5.32 Å². The minimum absolute atomic E-state index is 0.260. The van der Waals surface area contributed by atoms with E-state index in [2.05, 4.69) is 10.3 Å². The SMILES string of the molecule is C[C@H](C(=O)O)[C@@H](C)NC(=O)c1ccc2[nH]ccc2c1. The van der Waals surface area contributed by atoms with E-state index in [4.69, 9.17) is 5.11 Å². The van der Waals surface area contributed by atoms with Gasteiger partial charge in [0.2, 0.25) is 0 Å². The molecule has 1 aromatic heterocycles. The molecule has 0 spiro atoms. The van der Waals surface area contributed by atoms with E-state index in [9.17, 15) is 9.59 Å². The molecule has 2 atom stereocenters. The number of rotatable bonds is 4. The number of aliphatic carboxylic acids is 1. The van der Waals surface area contributed by atoms with Gasteiger partial charge in [0.1, 0.15) is 0 Å². The maximum Gasteiger partial charge on any atom is 0.308 e. The lowest BCUT2D eigenvalue weighted by molar-refractivity contribution is -0.141. The maximum atomic E-state index is 12.0. The lowest BCUT2D eigenvalue weighted by atomic mass is 10.0. The fourth-order valence-electron chi connectivity index (χ4n) is 1.82. The van der Waals surface area contributed by atoms with Crippen molar-refractivity contribution >= 4 is 22.8 Å². The maximum absolute atomic E-state index is 12.0. The van der Waals surface area contributed by atoms with Crippen LogP contribution in [0.1, 0.15) is 24.2 Å². The molecule has 2 rings (SSSR count). The summed E-state index contributed by atoms with van der Waals surface area (Å²) in [6.07, 6.45) is 1.81. The second-order valence-electron chi connectivity index (χ2n) is 4.67. The van der Waals surface area contributed by atoms with Gasteiger partial charge in [-0.25, -0.2) is 0 Å². The van der Waals surface area contributed by atoms with Gasteiger partial charge in [-0.15, -0.1) is 0 Å². The summed E-state index contributed by atoms with van der Waals surface area (Å²) in [7, 11) is 0. The molecule has 0 bridgehead atoms. The summed E-state index contributed by atoms with van der Waals surface area (Å²) in [5.41, 5.74) is 1.49. The van der Waals surface area contributed by atoms with E-state index >= 15 is 0 Å². The Balaban J connectivity index is 2.13. The largest absolute Gasteiger partial charge is 0.481 e. The van der Waals surface area contributed by atoms with Crippen molar-refractivity contribution in [1.29, 1.82) is 0 Å². The molecule has 1 aromatic carbocycles. The molecule has 19 heavy (non-hydrogen) atoms. The number of fused-ring (bicyclic) bond motifs is 1. The van der Waals surface area contributed by atoms with Crippen molar-refractivity contribution in [2.45, 2.75) is 19.9 Å². The molecule has 0 saturated carbocycles. The molecule has 3 N–H and O–H groups in total. The van der Waals surface area contributed by atoms with E-state index in [0.29, 0.717) is 5.56 Å². The number of carbonyl (C=O) groups excluding carboxylic acids is 1. The number of benzene rings is 1. The number of hydrogen-bond donors (Lipinski definition) is 3. The van der Waals surface area contributed by atoms with Crippen LogP contribution in [0.4, 0.5) is 0 Å². The molecule has 0 aliphatic carbocycles. The molecule has 1 heterocycles. The Morgan fingerprint density at radius 3 is 2.68 bits per heavy atom. The van der Waals surface area contributed by atoms with E-state index in [1.165, 1.54) is 0 Å². The average molecular weight is 260 g/mol. The smallest absolute Gasteiger partial charge is 0.308 e. The Kier molecular flexibility index (Phi) is 3.55. The predicted molar refractivity (Wildman–Crippen MR) is 72.0 cm³/mol. The van der Waals surface area contributed by atoms with E-state index < -0.39 is 17.9 Å². The Labute approximate surface area is 110 Å². The Morgan fingerprint density at radius 2 is 2.00 bits per heavy atom. The van der Waals surface area contributed by atoms with Crippen molar-refractivity contribution in [3.05, 3.63) is 36.0 Å². The van der Waals surface area contributed by atoms with Gasteiger partial charge < -0.3 is 15.4 Å². The summed E-state index contributed by atoms with van der Waals surface area (Å²) in [5, 5.41) is 12.5. The van der Waals surface area contributed by atoms with Crippen molar-refractivity contribution in [2.75, 3.05) is 0 Å². The van der Waals surface area contributed by atoms with E-state index in [1.54, 1.807) is 26.0 Å². The third kappa shape index (κ3) is 2.76. The van der Waals surface area contributed by atoms with Gasteiger partial charge in [-0.05, 0) is 38.1 Å². The second-order valence-corrected chi connectivity index (χ2v) is 4.67. The van der Waals surface area contributed by atoms with Crippen LogP contribution in [0.5, 0.6) is 0 Å². The number of aromatic nitrogens is 1. The lowest BCUT2D eigenvalue weighted by Gasteiger charge is -2.17. The van der Waals surface area contributed by atoms with Gasteiger partial charge in [0.25, 0.3) is 5.91 Å². The van der Waals surface area contributed by atoms with Crippen molar-refractivity contribution in [3.63, 3.8) is 0 Å². The third-order valence-corrected chi connectivity index (χ3v) is 3.31. The zero-order valence-corrected chi connectivity index (χ0v) is 10.8. The monoisotopic (exact) mass is 260 g/mol. The molecule has 2 aromatic rings. The fourth-order valence-corrected chi connectivity index (χ4v) is 1.82. The first-order valence-electron chi connectivity index (χ1n) is 6.10. The van der Waals surface area contributed by atoms with E-state index in [1.807, 2.05) is 18.3 Å². The number of carbonyl (C=O) groups is 2. The molecule has 0 aliphatic heterocycles. The Morgan fingerprint density at radius 1 is 1.26 bits per heavy atom. The highest BCUT2D eigenvalue weighted by molar-refractivity contribution is 5.98. The number of nitrogens with one attached hydrogen (secondary N) is 2. The summed E-state index contributed by atoms with van der Waals surface area (Å²) in [6, 6.07) is 6.78. The second kappa shape index (κ2) is 5.14. The quantitative estimate of drug-likeness (QED) is 0.786. The highest BCUT2D eigenvalue weighted by Crippen LogP contribution is 2.14. The molecule has 5 heteroatoms. The number of hydrogen-bond acceptors (Lipinski definition) is 2. The summed E-state index contributed by atoms with van der Waals surface area (Å²) in [4.78, 5) is 25.9. The number of H-pyrrole nitrogens is 1. The first-order valence-corrected chi connectivity index (χ1v) is 6.10. The molecule has 0 radical (unpaired) electrons. The van der Waals surface area contributed by atoms with Gasteiger partial charge in [-0.2, -0.15) is 0 Å². The van der Waals surface area contributed by atoms with Crippen LogP contribution in [0.25, 0.3) is 10.9 Å². The minimum Gasteiger partial charge on any atom is -0.481 e. The van der Waals surface area contributed by atoms with Crippen molar-refractivity contribution in [2.24, 2.45) is 5.92 Å². The molecule has 1 amide bonds. The van der Waals surface area contributed by atoms with Gasteiger partial charge >= 0.3 is 5.97 Å². The summed E-state index contributed by atoms with van der Waals surface area (Å²) < 4.78 is 0. The average Bonchev–Trinajstić information content (AvgIpc) is 2.84. The number of aromatic amines is 1. The Hall–Kier alpha value is -2.30. The van der Waals surface area contributed by atoms with Crippen LogP contribution in [0.15, 0.2) is 30.5 Å². The van der Waals surface area contributed by atoms with Crippen LogP contribution in [-0.2, 0) is 4.79 Å². The van der Waals surface area contributed by atoms with Gasteiger partial charge in [0, 0.05) is 28.7 Å². The molecule has 0 unspecified atom stereocenters. The molecular formula is C14H16N2O3. The number of carboxylic acid groups (broad SMARTS) is 1. The normalized spacial score (nSPS) is 14.0. The van der Waals surface area contributed by atoms with Gasteiger partial charge in [0.15, 0.2) is 0 Å². The van der Waals surface area contributed by atoms with Crippen molar-refractivity contribution < 1.29 is 14.7 Å². The molecule has 5 nitrogen and oxygen atoms in total. The molecular weight excluding hydrogens is 244 g/mol. The van der Waals surface area contributed by atoms with Crippen LogP contribution >= 0.6 is 0 Å². The number of amides is 1. The summed E-state index contributed by atoms with van der Waals surface area (Å²) in [6.45, 7) is 3.26.